The Hall–Kier alpha value is -2.60. The second kappa shape index (κ2) is 18.2. The average molecular weight is 361 g/mol. The summed E-state index contributed by atoms with van der Waals surface area (Å²) in [5.74, 6) is 0. The zero-order chi connectivity index (χ0) is 20.2. The van der Waals surface area contributed by atoms with Crippen LogP contribution in [0, 0.1) is 0 Å². The van der Waals surface area contributed by atoms with Gasteiger partial charge in [0.15, 0.2) is 0 Å². The first kappa shape index (κ1) is 24.4. The third kappa shape index (κ3) is 15.4. The van der Waals surface area contributed by atoms with Crippen molar-refractivity contribution in [1.82, 2.24) is 0 Å². The van der Waals surface area contributed by atoms with E-state index in [1.54, 1.807) is 12.2 Å². The molecular weight excluding hydrogens is 324 g/mol. The van der Waals surface area contributed by atoms with Gasteiger partial charge in [-0.25, -0.2) is 0 Å². The zero-order valence-corrected chi connectivity index (χ0v) is 17.1. The van der Waals surface area contributed by atoms with Crippen molar-refractivity contribution in [2.24, 2.45) is 0 Å². The van der Waals surface area contributed by atoms with Gasteiger partial charge in [0.2, 0.25) is 0 Å². The molecule has 144 valence electrons. The highest BCUT2D eigenvalue weighted by molar-refractivity contribution is 5.60. The average Bonchev–Trinajstić information content (AvgIpc) is 2.77. The van der Waals surface area contributed by atoms with Gasteiger partial charge < -0.3 is 0 Å². The Morgan fingerprint density at radius 3 is 1.26 bits per heavy atom. The Labute approximate surface area is 167 Å². The smallest absolute Gasteiger partial charge is 0.0233 e. The maximum atomic E-state index is 3.83. The molecule has 0 aromatic heterocycles. The van der Waals surface area contributed by atoms with E-state index in [9.17, 15) is 0 Å². The van der Waals surface area contributed by atoms with Crippen molar-refractivity contribution < 1.29 is 0 Å². The fraction of sp³-hybridized carbons (Fsp3) is 0.259. The minimum Gasteiger partial charge on any atom is -0.0991 e. The number of allylic oxidation sites excluding steroid dienone is 3. The van der Waals surface area contributed by atoms with Gasteiger partial charge in [0, 0.05) is 0 Å². The van der Waals surface area contributed by atoms with E-state index in [0.29, 0.717) is 0 Å². The van der Waals surface area contributed by atoms with Crippen LogP contribution in [0.2, 0.25) is 0 Å². The van der Waals surface area contributed by atoms with Gasteiger partial charge in [0.25, 0.3) is 0 Å². The van der Waals surface area contributed by atoms with E-state index in [2.05, 4.69) is 38.4 Å². The van der Waals surface area contributed by atoms with Crippen molar-refractivity contribution in [3.8, 4) is 0 Å². The van der Waals surface area contributed by atoms with E-state index in [1.807, 2.05) is 61.5 Å². The Morgan fingerprint density at radius 1 is 0.667 bits per heavy atom. The second-order valence-electron chi connectivity index (χ2n) is 6.35. The summed E-state index contributed by atoms with van der Waals surface area (Å²) in [5.41, 5.74) is 3.51. The van der Waals surface area contributed by atoms with Gasteiger partial charge in [-0.15, -0.1) is 0 Å². The molecule has 0 amide bonds. The first-order chi connectivity index (χ1) is 13.2. The first-order valence-corrected chi connectivity index (χ1v) is 9.77. The van der Waals surface area contributed by atoms with E-state index in [-0.39, 0.29) is 0 Å². The van der Waals surface area contributed by atoms with Gasteiger partial charge >= 0.3 is 0 Å². The summed E-state index contributed by atoms with van der Waals surface area (Å²) in [6.07, 6.45) is 14.1. The van der Waals surface area contributed by atoms with E-state index in [1.165, 1.54) is 49.7 Å². The number of hydrogen-bond donors (Lipinski definition) is 0. The number of benzene rings is 2. The van der Waals surface area contributed by atoms with Gasteiger partial charge in [-0.2, -0.15) is 0 Å². The lowest BCUT2D eigenvalue weighted by Crippen LogP contribution is -1.85. The van der Waals surface area contributed by atoms with Gasteiger partial charge in [-0.1, -0.05) is 149 Å². The molecule has 2 aromatic carbocycles. The van der Waals surface area contributed by atoms with Gasteiger partial charge in [-0.05, 0) is 18.1 Å². The van der Waals surface area contributed by atoms with Crippen LogP contribution < -0.4 is 0 Å². The first-order valence-electron chi connectivity index (χ1n) is 9.77. The van der Waals surface area contributed by atoms with Crippen molar-refractivity contribution in [3.63, 3.8) is 0 Å². The molecule has 0 spiro atoms. The van der Waals surface area contributed by atoms with Gasteiger partial charge in [0.1, 0.15) is 0 Å². The molecule has 0 aliphatic heterocycles. The third-order valence-electron chi connectivity index (χ3n) is 3.97. The quantitative estimate of drug-likeness (QED) is 0.480. The molecule has 0 radical (unpaired) electrons. The standard InChI is InChI=1S/C9H10.C8H8.C6H12.C4H6/c1-8(2)9-6-4-3-5-7-9;1-2-8-6-4-3-5-7-8;1-2-4-6-5-3-1;1-3-4-2/h3-7H,1H2,2H3;2-7H,1H2;1-6H2;3-4H,1-2H2. The van der Waals surface area contributed by atoms with Crippen LogP contribution in [0.15, 0.2) is 99.1 Å². The minimum absolute atomic E-state index is 1.12. The lowest BCUT2D eigenvalue weighted by molar-refractivity contribution is 0.504. The molecule has 0 bridgehead atoms. The molecule has 3 rings (SSSR count). The molecule has 0 heterocycles. The summed E-state index contributed by atoms with van der Waals surface area (Å²) in [6.45, 7) is 16.2. The fourth-order valence-corrected chi connectivity index (χ4v) is 2.37. The number of hydrogen-bond acceptors (Lipinski definition) is 0. The Morgan fingerprint density at radius 2 is 1.04 bits per heavy atom. The van der Waals surface area contributed by atoms with Gasteiger partial charge in [0.05, 0.1) is 0 Å². The lowest BCUT2D eigenvalue weighted by Gasteiger charge is -2.05. The molecule has 1 saturated carbocycles. The highest BCUT2D eigenvalue weighted by atomic mass is 14.0. The Kier molecular flexibility index (Phi) is 16.4. The molecule has 0 atom stereocenters. The lowest BCUT2D eigenvalue weighted by atomic mass is 10.0. The zero-order valence-electron chi connectivity index (χ0n) is 17.1. The predicted octanol–water partition coefficient (Wildman–Crippen LogP) is 8.75. The van der Waals surface area contributed by atoms with Gasteiger partial charge in [-0.3, -0.25) is 0 Å². The van der Waals surface area contributed by atoms with E-state index < -0.39 is 0 Å². The molecule has 0 unspecified atom stereocenters. The molecular formula is C27H36. The Balaban J connectivity index is 0.000000348. The molecule has 0 saturated heterocycles. The normalized spacial score (nSPS) is 11.6. The Bertz CT molecular complexity index is 598. The van der Waals surface area contributed by atoms with Crippen LogP contribution in [0.1, 0.15) is 56.6 Å². The fourth-order valence-electron chi connectivity index (χ4n) is 2.37. The van der Waals surface area contributed by atoms with Crippen molar-refractivity contribution in [2.45, 2.75) is 45.4 Å². The van der Waals surface area contributed by atoms with Crippen molar-refractivity contribution in [3.05, 3.63) is 110 Å². The van der Waals surface area contributed by atoms with E-state index >= 15 is 0 Å². The summed E-state index contributed by atoms with van der Waals surface area (Å²) in [6, 6.07) is 20.2. The largest absolute Gasteiger partial charge is 0.0991 e. The topological polar surface area (TPSA) is 0 Å². The molecule has 0 heteroatoms. The SMILES string of the molecule is C1CCCCC1.C=C(C)c1ccccc1.C=CC=C.C=Cc1ccccc1. The summed E-state index contributed by atoms with van der Waals surface area (Å²) in [4.78, 5) is 0. The maximum Gasteiger partial charge on any atom is -0.0233 e. The van der Waals surface area contributed by atoms with Crippen LogP contribution in [0.5, 0.6) is 0 Å². The minimum atomic E-state index is 1.12. The van der Waals surface area contributed by atoms with E-state index in [0.717, 1.165) is 5.57 Å². The summed E-state index contributed by atoms with van der Waals surface area (Å²) in [5, 5.41) is 0. The van der Waals surface area contributed by atoms with E-state index in [4.69, 9.17) is 0 Å². The molecule has 27 heavy (non-hydrogen) atoms. The molecule has 1 aliphatic rings. The molecule has 2 aromatic rings. The third-order valence-corrected chi connectivity index (χ3v) is 3.97. The van der Waals surface area contributed by atoms with Crippen molar-refractivity contribution >= 4 is 11.6 Å². The number of rotatable bonds is 3. The monoisotopic (exact) mass is 360 g/mol. The summed E-state index contributed by atoms with van der Waals surface area (Å²) < 4.78 is 0. The van der Waals surface area contributed by atoms with Crippen LogP contribution >= 0.6 is 0 Å². The highest BCUT2D eigenvalue weighted by Gasteiger charge is 1.95. The molecule has 0 N–H and O–H groups in total. The second-order valence-corrected chi connectivity index (χ2v) is 6.35. The van der Waals surface area contributed by atoms with Crippen LogP contribution in [-0.4, -0.2) is 0 Å². The van der Waals surface area contributed by atoms with Crippen molar-refractivity contribution in [1.29, 1.82) is 0 Å². The molecule has 1 fully saturated rings. The highest BCUT2D eigenvalue weighted by Crippen LogP contribution is 2.15. The summed E-state index contributed by atoms with van der Waals surface area (Å²) >= 11 is 0. The van der Waals surface area contributed by atoms with Crippen LogP contribution in [-0.2, 0) is 0 Å². The van der Waals surface area contributed by atoms with Crippen LogP contribution in [0.3, 0.4) is 0 Å². The predicted molar refractivity (Wildman–Crippen MR) is 126 cm³/mol. The maximum absolute atomic E-state index is 3.83. The summed E-state index contributed by atoms with van der Waals surface area (Å²) in [7, 11) is 0. The van der Waals surface area contributed by atoms with Crippen LogP contribution in [0.4, 0.5) is 0 Å². The van der Waals surface area contributed by atoms with Crippen LogP contribution in [0.25, 0.3) is 11.6 Å². The molecule has 1 aliphatic carbocycles. The molecule has 0 nitrogen and oxygen atoms in total. The van der Waals surface area contributed by atoms with Crippen molar-refractivity contribution in [2.75, 3.05) is 0 Å².